The summed E-state index contributed by atoms with van der Waals surface area (Å²) in [6.07, 6.45) is 0. The average molecular weight is 227 g/mol. The van der Waals surface area contributed by atoms with Crippen molar-refractivity contribution in [3.8, 4) is 0 Å². The first kappa shape index (κ1) is 13.4. The van der Waals surface area contributed by atoms with Crippen LogP contribution in [0.4, 0.5) is 0 Å². The Bertz CT molecular complexity index is 177. The van der Waals surface area contributed by atoms with Crippen LogP contribution in [-0.4, -0.2) is 6.61 Å². The largest absolute Gasteiger partial charge is 1.00 e. The zero-order valence-corrected chi connectivity index (χ0v) is 10.3. The van der Waals surface area contributed by atoms with Crippen LogP contribution in [0.1, 0.15) is 13.8 Å². The van der Waals surface area contributed by atoms with Gasteiger partial charge in [-0.05, 0) is 18.1 Å². The first-order chi connectivity index (χ1) is 4.33. The van der Waals surface area contributed by atoms with Gasteiger partial charge in [0.2, 0.25) is 0 Å². The third kappa shape index (κ3) is 4.31. The van der Waals surface area contributed by atoms with E-state index in [1.807, 2.05) is 6.92 Å². The molecule has 0 saturated heterocycles. The van der Waals surface area contributed by atoms with E-state index in [9.17, 15) is 0 Å². The summed E-state index contributed by atoms with van der Waals surface area (Å²) in [7, 11) is 0. The van der Waals surface area contributed by atoms with Gasteiger partial charge in [-0.3, -0.25) is 0 Å². The van der Waals surface area contributed by atoms with Crippen LogP contribution in [0.5, 0.6) is 0 Å². The van der Waals surface area contributed by atoms with Gasteiger partial charge in [0.05, 0.1) is 6.61 Å². The molecule has 1 aliphatic rings. The normalized spacial score (nSPS) is 12.5. The Hall–Kier alpha value is -0.167. The molecule has 0 amide bonds. The maximum atomic E-state index is 4.97. The summed E-state index contributed by atoms with van der Waals surface area (Å²) < 4.78 is 4.97. The van der Waals surface area contributed by atoms with Crippen LogP contribution >= 0.6 is 0 Å². The fraction of sp³-hybridized carbons (Fsp3) is 0.500. The first-order valence-corrected chi connectivity index (χ1v) is 2.81. The summed E-state index contributed by atoms with van der Waals surface area (Å²) in [5.41, 5.74) is 6.33. The van der Waals surface area contributed by atoms with Gasteiger partial charge in [-0.2, -0.15) is 0 Å². The van der Waals surface area contributed by atoms with Crippen LogP contribution < -0.4 is 17.9 Å². The van der Waals surface area contributed by atoms with Crippen molar-refractivity contribution in [2.75, 3.05) is 6.61 Å². The van der Waals surface area contributed by atoms with E-state index in [0.29, 0.717) is 18.2 Å². The third-order valence-electron chi connectivity index (χ3n) is 0.830. The molecule has 1 radical (unpaired) electrons. The Kier molecular flexibility index (Phi) is 7.98. The second-order valence-corrected chi connectivity index (χ2v) is 1.60. The molecule has 0 aromatic rings. The molecule has 5 heteroatoms. The Morgan fingerprint density at radius 2 is 2.27 bits per heavy atom. The molecule has 0 aromatic heterocycles. The molecular formula is C6H8ClNO2Zn-. The number of nitrogens with zero attached hydrogens (tertiary/aromatic N) is 1. The van der Waals surface area contributed by atoms with Crippen LogP contribution in [0.25, 0.3) is 0 Å². The Labute approximate surface area is 84.9 Å². The van der Waals surface area contributed by atoms with E-state index in [-0.39, 0.29) is 31.9 Å². The minimum absolute atomic E-state index is 0. The monoisotopic (exact) mass is 225 g/mol. The van der Waals surface area contributed by atoms with Gasteiger partial charge < -0.3 is 22.0 Å². The summed E-state index contributed by atoms with van der Waals surface area (Å²) in [6.45, 7) is 4.26. The summed E-state index contributed by atoms with van der Waals surface area (Å²) in [5.74, 6) is 1.09. The van der Waals surface area contributed by atoms with Crippen molar-refractivity contribution < 1.29 is 41.5 Å². The van der Waals surface area contributed by atoms with E-state index in [0.717, 1.165) is 0 Å². The van der Waals surface area contributed by atoms with Crippen molar-refractivity contribution in [1.82, 2.24) is 5.48 Å². The van der Waals surface area contributed by atoms with E-state index < -0.39 is 0 Å². The van der Waals surface area contributed by atoms with Crippen LogP contribution in [0.15, 0.2) is 17.4 Å². The SMILES string of the molecule is CCOC1=C=C(C)O[N]1.[Cl-].[Zn]. The predicted molar refractivity (Wildman–Crippen MR) is 31.1 cm³/mol. The van der Waals surface area contributed by atoms with E-state index in [1.54, 1.807) is 6.92 Å². The van der Waals surface area contributed by atoms with Gasteiger partial charge in [0.25, 0.3) is 5.88 Å². The molecule has 0 bridgehead atoms. The van der Waals surface area contributed by atoms with E-state index in [4.69, 9.17) is 4.74 Å². The number of hydrogen-bond donors (Lipinski definition) is 0. The Balaban J connectivity index is 0. The molecule has 0 aromatic carbocycles. The average Bonchev–Trinajstić information content (AvgIpc) is 2.17. The zero-order chi connectivity index (χ0) is 6.69. The second-order valence-electron chi connectivity index (χ2n) is 1.60. The van der Waals surface area contributed by atoms with Crippen molar-refractivity contribution >= 4 is 0 Å². The van der Waals surface area contributed by atoms with Crippen LogP contribution in [0.3, 0.4) is 0 Å². The van der Waals surface area contributed by atoms with Gasteiger partial charge in [-0.1, -0.05) is 0 Å². The second kappa shape index (κ2) is 6.54. The number of rotatable bonds is 2. The molecule has 0 aliphatic carbocycles. The summed E-state index contributed by atoms with van der Waals surface area (Å²) in [5, 5.41) is 0. The maximum absolute atomic E-state index is 4.97. The van der Waals surface area contributed by atoms with Crippen molar-refractivity contribution in [3.05, 3.63) is 17.4 Å². The minimum atomic E-state index is 0. The van der Waals surface area contributed by atoms with Gasteiger partial charge in [-0.25, -0.2) is 0 Å². The predicted octanol–water partition coefficient (Wildman–Crippen LogP) is -2.08. The number of allylic oxidation sites excluding steroid dienone is 1. The first-order valence-electron chi connectivity index (χ1n) is 2.81. The van der Waals surface area contributed by atoms with Crippen LogP contribution in [-0.2, 0) is 29.1 Å². The molecule has 11 heavy (non-hydrogen) atoms. The standard InChI is InChI=1S/C6H8NO2.ClH.Zn/c1-3-8-6-4-5(2)9-7-6;;/h3H2,1-2H3;1H;/p-1. The van der Waals surface area contributed by atoms with Gasteiger partial charge in [-0.15, -0.1) is 0 Å². The molecule has 1 aliphatic heterocycles. The van der Waals surface area contributed by atoms with Crippen LogP contribution in [0, 0.1) is 0 Å². The number of hydrogen-bond acceptors (Lipinski definition) is 2. The van der Waals surface area contributed by atoms with Gasteiger partial charge in [0.1, 0.15) is 0 Å². The molecular weight excluding hydrogens is 219 g/mol. The molecule has 1 rings (SSSR count). The van der Waals surface area contributed by atoms with E-state index >= 15 is 0 Å². The quantitative estimate of drug-likeness (QED) is 0.400. The zero-order valence-electron chi connectivity index (χ0n) is 6.56. The van der Waals surface area contributed by atoms with Crippen molar-refractivity contribution in [1.29, 1.82) is 0 Å². The number of hydroxylamine groups is 1. The molecule has 1 heterocycles. The molecule has 0 atom stereocenters. The third-order valence-corrected chi connectivity index (χ3v) is 0.830. The topological polar surface area (TPSA) is 32.6 Å². The molecule has 0 spiro atoms. The maximum Gasteiger partial charge on any atom is 0.299 e. The molecule has 0 fully saturated rings. The van der Waals surface area contributed by atoms with E-state index in [1.165, 1.54) is 0 Å². The molecule has 3 nitrogen and oxygen atoms in total. The van der Waals surface area contributed by atoms with Gasteiger partial charge in [0.15, 0.2) is 5.76 Å². The minimum Gasteiger partial charge on any atom is -1.00 e. The van der Waals surface area contributed by atoms with E-state index in [2.05, 4.69) is 16.0 Å². The fourth-order valence-electron chi connectivity index (χ4n) is 0.505. The van der Waals surface area contributed by atoms with Crippen molar-refractivity contribution in [2.24, 2.45) is 0 Å². The van der Waals surface area contributed by atoms with Crippen LogP contribution in [0.2, 0.25) is 0 Å². The molecule has 0 saturated carbocycles. The molecule has 0 N–H and O–H groups in total. The van der Waals surface area contributed by atoms with Crippen molar-refractivity contribution in [2.45, 2.75) is 13.8 Å². The Morgan fingerprint density at radius 3 is 2.64 bits per heavy atom. The smallest absolute Gasteiger partial charge is 0.299 e. The molecule has 59 valence electrons. The summed E-state index contributed by atoms with van der Waals surface area (Å²) in [6, 6.07) is 0. The number of ether oxygens (including phenoxy) is 1. The summed E-state index contributed by atoms with van der Waals surface area (Å²) in [4.78, 5) is 4.69. The molecule has 0 unspecified atom stereocenters. The fourth-order valence-corrected chi connectivity index (χ4v) is 0.505. The number of halogens is 1. The van der Waals surface area contributed by atoms with Gasteiger partial charge >= 0.3 is 0 Å². The Morgan fingerprint density at radius 1 is 1.64 bits per heavy atom. The van der Waals surface area contributed by atoms with Gasteiger partial charge in [0, 0.05) is 26.4 Å². The summed E-state index contributed by atoms with van der Waals surface area (Å²) >= 11 is 0. The van der Waals surface area contributed by atoms with Crippen molar-refractivity contribution in [3.63, 3.8) is 0 Å².